The number of benzene rings is 1. The third-order valence-corrected chi connectivity index (χ3v) is 4.32. The highest BCUT2D eigenvalue weighted by atomic mass is 16.6. The summed E-state index contributed by atoms with van der Waals surface area (Å²) in [4.78, 5) is 3.32. The van der Waals surface area contributed by atoms with Gasteiger partial charge in [-0.25, -0.2) is 0 Å². The number of H-pyrrole nitrogens is 1. The highest BCUT2D eigenvalue weighted by Crippen LogP contribution is 2.48. The van der Waals surface area contributed by atoms with Crippen LogP contribution in [0, 0.1) is 0 Å². The standard InChI is InChI=1S/C15H17NO3/c1-15(8-17)14(19-15)13-10-3-2-4-11-12(10)9(7-16-11)5-6-18-13/h2-4,7,13-14,16-17H,5-6,8H2,1H3/t13-,14-,15-/m0/s1. The average Bonchev–Trinajstić information content (AvgIpc) is 2.99. The molecule has 2 aromatic rings. The maximum Gasteiger partial charge on any atom is 0.120 e. The molecular weight excluding hydrogens is 242 g/mol. The van der Waals surface area contributed by atoms with E-state index in [-0.39, 0.29) is 18.8 Å². The van der Waals surface area contributed by atoms with Crippen LogP contribution in [0.15, 0.2) is 24.4 Å². The Kier molecular flexibility index (Phi) is 2.31. The van der Waals surface area contributed by atoms with E-state index >= 15 is 0 Å². The van der Waals surface area contributed by atoms with Gasteiger partial charge in [-0.2, -0.15) is 0 Å². The zero-order valence-corrected chi connectivity index (χ0v) is 10.8. The molecule has 1 fully saturated rings. The van der Waals surface area contributed by atoms with Gasteiger partial charge in [0.2, 0.25) is 0 Å². The molecule has 19 heavy (non-hydrogen) atoms. The van der Waals surface area contributed by atoms with Crippen molar-refractivity contribution in [2.75, 3.05) is 13.2 Å². The molecule has 3 atom stereocenters. The molecule has 0 radical (unpaired) electrons. The van der Waals surface area contributed by atoms with Crippen molar-refractivity contribution in [2.24, 2.45) is 0 Å². The zero-order chi connectivity index (χ0) is 13.0. The van der Waals surface area contributed by atoms with Crippen molar-refractivity contribution < 1.29 is 14.6 Å². The number of ether oxygens (including phenoxy) is 2. The van der Waals surface area contributed by atoms with Crippen molar-refractivity contribution in [1.29, 1.82) is 0 Å². The molecule has 0 spiro atoms. The van der Waals surface area contributed by atoms with Gasteiger partial charge in [-0.15, -0.1) is 0 Å². The van der Waals surface area contributed by atoms with Crippen LogP contribution in [-0.2, 0) is 15.9 Å². The molecule has 100 valence electrons. The van der Waals surface area contributed by atoms with Gasteiger partial charge in [0.15, 0.2) is 0 Å². The van der Waals surface area contributed by atoms with Gasteiger partial charge in [-0.1, -0.05) is 12.1 Å². The number of aromatic nitrogens is 1. The minimum absolute atomic E-state index is 0.0352. The normalized spacial score (nSPS) is 33.4. The molecule has 0 amide bonds. The number of aliphatic hydroxyl groups is 1. The highest BCUT2D eigenvalue weighted by molar-refractivity contribution is 5.87. The van der Waals surface area contributed by atoms with Crippen LogP contribution < -0.4 is 0 Å². The van der Waals surface area contributed by atoms with E-state index in [1.54, 1.807) is 0 Å². The lowest BCUT2D eigenvalue weighted by Gasteiger charge is -2.16. The molecule has 0 unspecified atom stereocenters. The molecule has 2 aliphatic rings. The summed E-state index contributed by atoms with van der Waals surface area (Å²) in [5, 5.41) is 10.7. The maximum atomic E-state index is 9.40. The molecule has 3 heterocycles. The molecule has 2 N–H and O–H groups in total. The number of aliphatic hydroxyl groups excluding tert-OH is 1. The predicted molar refractivity (Wildman–Crippen MR) is 71.1 cm³/mol. The van der Waals surface area contributed by atoms with Crippen LogP contribution in [0.3, 0.4) is 0 Å². The van der Waals surface area contributed by atoms with Gasteiger partial charge in [0.05, 0.1) is 13.2 Å². The number of aromatic amines is 1. The minimum atomic E-state index is -0.451. The molecule has 2 aliphatic heterocycles. The van der Waals surface area contributed by atoms with Crippen LogP contribution in [-0.4, -0.2) is 35.0 Å². The Labute approximate surface area is 111 Å². The Morgan fingerprint density at radius 1 is 1.47 bits per heavy atom. The third kappa shape index (κ3) is 1.57. The molecule has 4 heteroatoms. The first kappa shape index (κ1) is 11.5. The number of epoxide rings is 1. The van der Waals surface area contributed by atoms with Crippen molar-refractivity contribution >= 4 is 10.9 Å². The number of nitrogens with one attached hydrogen (secondary N) is 1. The Balaban J connectivity index is 1.83. The molecule has 0 bridgehead atoms. The van der Waals surface area contributed by atoms with E-state index < -0.39 is 5.60 Å². The van der Waals surface area contributed by atoms with Crippen molar-refractivity contribution in [1.82, 2.24) is 4.98 Å². The van der Waals surface area contributed by atoms with E-state index in [4.69, 9.17) is 9.47 Å². The van der Waals surface area contributed by atoms with Crippen LogP contribution in [0.25, 0.3) is 10.9 Å². The van der Waals surface area contributed by atoms with E-state index in [1.165, 1.54) is 16.5 Å². The van der Waals surface area contributed by atoms with Crippen LogP contribution in [0.5, 0.6) is 0 Å². The average molecular weight is 259 g/mol. The predicted octanol–water partition coefficient (Wildman–Crippen LogP) is 1.93. The molecule has 0 aliphatic carbocycles. The van der Waals surface area contributed by atoms with E-state index in [0.29, 0.717) is 6.61 Å². The fourth-order valence-electron chi connectivity index (χ4n) is 3.12. The summed E-state index contributed by atoms with van der Waals surface area (Å²) in [6, 6.07) is 6.23. The molecule has 0 saturated carbocycles. The second-order valence-corrected chi connectivity index (χ2v) is 5.63. The molecule has 1 aromatic heterocycles. The van der Waals surface area contributed by atoms with Crippen LogP contribution in [0.1, 0.15) is 24.2 Å². The molecule has 1 saturated heterocycles. The fourth-order valence-corrected chi connectivity index (χ4v) is 3.12. The minimum Gasteiger partial charge on any atom is -0.393 e. The summed E-state index contributed by atoms with van der Waals surface area (Å²) in [6.45, 7) is 2.66. The molecular formula is C15H17NO3. The Bertz CT molecular complexity index is 635. The summed E-state index contributed by atoms with van der Waals surface area (Å²) >= 11 is 0. The summed E-state index contributed by atoms with van der Waals surface area (Å²) in [6.07, 6.45) is 2.84. The van der Waals surface area contributed by atoms with Gasteiger partial charge in [0.25, 0.3) is 0 Å². The van der Waals surface area contributed by atoms with Crippen molar-refractivity contribution in [2.45, 2.75) is 31.2 Å². The quantitative estimate of drug-likeness (QED) is 0.810. The smallest absolute Gasteiger partial charge is 0.120 e. The van der Waals surface area contributed by atoms with Gasteiger partial charge in [0, 0.05) is 17.1 Å². The van der Waals surface area contributed by atoms with Gasteiger partial charge in [-0.3, -0.25) is 0 Å². The Morgan fingerprint density at radius 3 is 3.16 bits per heavy atom. The van der Waals surface area contributed by atoms with E-state index in [2.05, 4.69) is 23.3 Å². The molecule has 4 nitrogen and oxygen atoms in total. The fraction of sp³-hybridized carbons (Fsp3) is 0.467. The first-order valence-corrected chi connectivity index (χ1v) is 6.72. The van der Waals surface area contributed by atoms with Crippen molar-refractivity contribution in [3.8, 4) is 0 Å². The lowest BCUT2D eigenvalue weighted by Crippen LogP contribution is -2.22. The van der Waals surface area contributed by atoms with Gasteiger partial charge < -0.3 is 19.6 Å². The lowest BCUT2D eigenvalue weighted by molar-refractivity contribution is 0.0372. The first-order chi connectivity index (χ1) is 9.23. The number of rotatable bonds is 2. The third-order valence-electron chi connectivity index (χ3n) is 4.32. The highest BCUT2D eigenvalue weighted by Gasteiger charge is 2.57. The van der Waals surface area contributed by atoms with Crippen molar-refractivity contribution in [3.63, 3.8) is 0 Å². The van der Waals surface area contributed by atoms with Gasteiger partial charge >= 0.3 is 0 Å². The molecule has 4 rings (SSSR count). The number of hydrogen-bond acceptors (Lipinski definition) is 3. The second-order valence-electron chi connectivity index (χ2n) is 5.63. The SMILES string of the molecule is C[C@@]1(CO)O[C@H]1[C@H]1OCCc2c[nH]c3cccc1c23. The second kappa shape index (κ2) is 3.82. The van der Waals surface area contributed by atoms with Crippen LogP contribution in [0.2, 0.25) is 0 Å². The summed E-state index contributed by atoms with van der Waals surface area (Å²) in [5.74, 6) is 0. The van der Waals surface area contributed by atoms with Gasteiger partial charge in [0.1, 0.15) is 17.8 Å². The summed E-state index contributed by atoms with van der Waals surface area (Å²) in [7, 11) is 0. The maximum absolute atomic E-state index is 9.40. The van der Waals surface area contributed by atoms with Gasteiger partial charge in [-0.05, 0) is 30.5 Å². The molecule has 1 aromatic carbocycles. The van der Waals surface area contributed by atoms with E-state index in [1.807, 2.05) is 13.0 Å². The lowest BCUT2D eigenvalue weighted by atomic mass is 9.95. The Morgan fingerprint density at radius 2 is 2.37 bits per heavy atom. The van der Waals surface area contributed by atoms with E-state index in [9.17, 15) is 5.11 Å². The zero-order valence-electron chi connectivity index (χ0n) is 10.8. The Hall–Kier alpha value is -1.36. The topological polar surface area (TPSA) is 57.8 Å². The first-order valence-electron chi connectivity index (χ1n) is 6.72. The van der Waals surface area contributed by atoms with Crippen LogP contribution in [0.4, 0.5) is 0 Å². The van der Waals surface area contributed by atoms with E-state index in [0.717, 1.165) is 11.9 Å². The van der Waals surface area contributed by atoms with Crippen LogP contribution >= 0.6 is 0 Å². The summed E-state index contributed by atoms with van der Waals surface area (Å²) < 4.78 is 11.7. The monoisotopic (exact) mass is 259 g/mol. The summed E-state index contributed by atoms with van der Waals surface area (Å²) in [5.41, 5.74) is 3.18. The largest absolute Gasteiger partial charge is 0.393 e. The van der Waals surface area contributed by atoms with Crippen molar-refractivity contribution in [3.05, 3.63) is 35.5 Å². The number of hydrogen-bond donors (Lipinski definition) is 2.